The van der Waals surface area contributed by atoms with Crippen LogP contribution in [0.3, 0.4) is 0 Å². The van der Waals surface area contributed by atoms with E-state index in [1.807, 2.05) is 25.4 Å². The molecule has 2 aromatic rings. The number of rotatable bonds is 3. The third-order valence-corrected chi connectivity index (χ3v) is 3.62. The third-order valence-electron chi connectivity index (χ3n) is 2.00. The van der Waals surface area contributed by atoms with Crippen LogP contribution in [0.4, 0.5) is 0 Å². The van der Waals surface area contributed by atoms with Gasteiger partial charge in [-0.25, -0.2) is 0 Å². The summed E-state index contributed by atoms with van der Waals surface area (Å²) in [6.45, 7) is 0.454. The zero-order valence-electron chi connectivity index (χ0n) is 8.61. The Morgan fingerprint density at radius 1 is 1.56 bits per heavy atom. The van der Waals surface area contributed by atoms with Crippen LogP contribution in [0.15, 0.2) is 28.2 Å². The molecule has 0 bridgehead atoms. The first-order valence-electron chi connectivity index (χ1n) is 4.67. The highest BCUT2D eigenvalue weighted by atomic mass is 79.9. The Morgan fingerprint density at radius 3 is 2.94 bits per heavy atom. The number of aryl methyl sites for hydroxylation is 1. The lowest BCUT2D eigenvalue weighted by atomic mass is 10.4. The molecular weight excluding hydrogens is 290 g/mol. The number of amides is 1. The minimum atomic E-state index is -0.0682. The van der Waals surface area contributed by atoms with Crippen molar-refractivity contribution in [2.24, 2.45) is 7.05 Å². The van der Waals surface area contributed by atoms with Gasteiger partial charge >= 0.3 is 0 Å². The number of nitrogens with one attached hydrogen (secondary N) is 1. The Balaban J connectivity index is 1.93. The summed E-state index contributed by atoms with van der Waals surface area (Å²) in [6, 6.07) is 5.54. The third kappa shape index (κ3) is 2.70. The molecular formula is C10H10BrN3OS. The van der Waals surface area contributed by atoms with E-state index in [2.05, 4.69) is 26.3 Å². The van der Waals surface area contributed by atoms with Gasteiger partial charge in [0.05, 0.1) is 20.9 Å². The molecule has 1 amide bonds. The van der Waals surface area contributed by atoms with Crippen molar-refractivity contribution in [2.75, 3.05) is 0 Å². The molecule has 4 nitrogen and oxygen atoms in total. The van der Waals surface area contributed by atoms with E-state index in [1.54, 1.807) is 10.7 Å². The molecule has 0 aliphatic heterocycles. The molecule has 0 spiro atoms. The standard InChI is InChI=1S/C10H10BrN3OS/c1-14-5-4-7(13-14)6-12-10(15)8-2-3-9(11)16-8/h2-5H,6H2,1H3,(H,12,15). The van der Waals surface area contributed by atoms with Crippen molar-refractivity contribution in [3.05, 3.63) is 38.8 Å². The van der Waals surface area contributed by atoms with Gasteiger partial charge in [0.15, 0.2) is 0 Å². The summed E-state index contributed by atoms with van der Waals surface area (Å²) < 4.78 is 2.67. The Kier molecular flexibility index (Phi) is 3.40. The van der Waals surface area contributed by atoms with Gasteiger partial charge in [0.2, 0.25) is 0 Å². The molecule has 0 saturated heterocycles. The summed E-state index contributed by atoms with van der Waals surface area (Å²) in [4.78, 5) is 12.4. The number of nitrogens with zero attached hydrogens (tertiary/aromatic N) is 2. The molecule has 84 valence electrons. The number of carbonyl (C=O) groups is 1. The van der Waals surface area contributed by atoms with Gasteiger partial charge in [0, 0.05) is 13.2 Å². The van der Waals surface area contributed by atoms with Crippen molar-refractivity contribution >= 4 is 33.2 Å². The van der Waals surface area contributed by atoms with E-state index in [0.29, 0.717) is 11.4 Å². The van der Waals surface area contributed by atoms with E-state index < -0.39 is 0 Å². The van der Waals surface area contributed by atoms with Crippen molar-refractivity contribution in [3.63, 3.8) is 0 Å². The summed E-state index contributed by atoms with van der Waals surface area (Å²) in [5, 5.41) is 6.99. The van der Waals surface area contributed by atoms with Crippen molar-refractivity contribution in [1.29, 1.82) is 0 Å². The lowest BCUT2D eigenvalue weighted by Crippen LogP contribution is -2.22. The molecule has 2 rings (SSSR count). The van der Waals surface area contributed by atoms with Crippen molar-refractivity contribution < 1.29 is 4.79 Å². The molecule has 0 unspecified atom stereocenters. The second kappa shape index (κ2) is 4.80. The van der Waals surface area contributed by atoms with Gasteiger partial charge in [-0.2, -0.15) is 5.10 Å². The van der Waals surface area contributed by atoms with Crippen LogP contribution in [0.1, 0.15) is 15.4 Å². The summed E-state index contributed by atoms with van der Waals surface area (Å²) in [7, 11) is 1.85. The van der Waals surface area contributed by atoms with Crippen LogP contribution in [0.5, 0.6) is 0 Å². The Labute approximate surface area is 105 Å². The van der Waals surface area contributed by atoms with Crippen LogP contribution >= 0.6 is 27.3 Å². The molecule has 0 atom stereocenters. The van der Waals surface area contributed by atoms with E-state index in [-0.39, 0.29) is 5.91 Å². The maximum atomic E-state index is 11.7. The number of halogens is 1. The van der Waals surface area contributed by atoms with Gasteiger partial charge in [0.1, 0.15) is 0 Å². The predicted octanol–water partition coefficient (Wildman–Crippen LogP) is 2.17. The molecule has 0 radical (unpaired) electrons. The van der Waals surface area contributed by atoms with Crippen LogP contribution < -0.4 is 5.32 Å². The molecule has 0 aliphatic rings. The number of thiophene rings is 1. The zero-order valence-corrected chi connectivity index (χ0v) is 11.0. The summed E-state index contributed by atoms with van der Waals surface area (Å²) in [5.74, 6) is -0.0682. The fraction of sp³-hybridized carbons (Fsp3) is 0.200. The molecule has 0 saturated carbocycles. The van der Waals surface area contributed by atoms with Gasteiger partial charge in [-0.3, -0.25) is 9.48 Å². The van der Waals surface area contributed by atoms with E-state index in [0.717, 1.165) is 9.48 Å². The van der Waals surface area contributed by atoms with E-state index >= 15 is 0 Å². The SMILES string of the molecule is Cn1ccc(CNC(=O)c2ccc(Br)s2)n1. The van der Waals surface area contributed by atoms with Gasteiger partial charge < -0.3 is 5.32 Å². The lowest BCUT2D eigenvalue weighted by Gasteiger charge is -2.00. The second-order valence-corrected chi connectivity index (χ2v) is 5.73. The van der Waals surface area contributed by atoms with Gasteiger partial charge in [-0.15, -0.1) is 11.3 Å². The van der Waals surface area contributed by atoms with Crippen LogP contribution in [0, 0.1) is 0 Å². The highest BCUT2D eigenvalue weighted by molar-refractivity contribution is 9.11. The first-order valence-corrected chi connectivity index (χ1v) is 6.28. The molecule has 1 N–H and O–H groups in total. The maximum absolute atomic E-state index is 11.7. The lowest BCUT2D eigenvalue weighted by molar-refractivity contribution is 0.0954. The molecule has 0 aliphatic carbocycles. The van der Waals surface area contributed by atoms with Crippen LogP contribution in [0.2, 0.25) is 0 Å². The fourth-order valence-corrected chi connectivity index (χ4v) is 2.55. The second-order valence-electron chi connectivity index (χ2n) is 3.27. The Bertz CT molecular complexity index is 506. The molecule has 16 heavy (non-hydrogen) atoms. The average Bonchev–Trinajstić information content (AvgIpc) is 2.84. The van der Waals surface area contributed by atoms with Gasteiger partial charge in [-0.1, -0.05) is 0 Å². The topological polar surface area (TPSA) is 46.9 Å². The van der Waals surface area contributed by atoms with Crippen molar-refractivity contribution in [2.45, 2.75) is 6.54 Å². The van der Waals surface area contributed by atoms with Gasteiger partial charge in [0.25, 0.3) is 5.91 Å². The minimum Gasteiger partial charge on any atom is -0.346 e. The molecule has 2 heterocycles. The first kappa shape index (κ1) is 11.3. The molecule has 2 aromatic heterocycles. The number of aromatic nitrogens is 2. The Morgan fingerprint density at radius 2 is 2.38 bits per heavy atom. The normalized spacial score (nSPS) is 10.4. The molecule has 0 aromatic carbocycles. The van der Waals surface area contributed by atoms with Crippen LogP contribution in [-0.2, 0) is 13.6 Å². The molecule has 0 fully saturated rings. The van der Waals surface area contributed by atoms with Crippen LogP contribution in [0.25, 0.3) is 0 Å². The first-order chi connectivity index (χ1) is 7.65. The summed E-state index contributed by atoms with van der Waals surface area (Å²) >= 11 is 4.74. The number of hydrogen-bond donors (Lipinski definition) is 1. The quantitative estimate of drug-likeness (QED) is 0.944. The van der Waals surface area contributed by atoms with E-state index in [1.165, 1.54) is 11.3 Å². The highest BCUT2D eigenvalue weighted by Crippen LogP contribution is 2.21. The number of carbonyl (C=O) groups excluding carboxylic acids is 1. The van der Waals surface area contributed by atoms with E-state index in [4.69, 9.17) is 0 Å². The number of hydrogen-bond acceptors (Lipinski definition) is 3. The van der Waals surface area contributed by atoms with Crippen molar-refractivity contribution in [3.8, 4) is 0 Å². The Hall–Kier alpha value is -1.14. The highest BCUT2D eigenvalue weighted by Gasteiger charge is 2.08. The smallest absolute Gasteiger partial charge is 0.261 e. The maximum Gasteiger partial charge on any atom is 0.261 e. The monoisotopic (exact) mass is 299 g/mol. The largest absolute Gasteiger partial charge is 0.346 e. The minimum absolute atomic E-state index is 0.0682. The summed E-state index contributed by atoms with van der Waals surface area (Å²) in [5.41, 5.74) is 0.853. The summed E-state index contributed by atoms with van der Waals surface area (Å²) in [6.07, 6.45) is 1.85. The molecule has 6 heteroatoms. The van der Waals surface area contributed by atoms with Crippen LogP contribution in [-0.4, -0.2) is 15.7 Å². The zero-order chi connectivity index (χ0) is 11.5. The van der Waals surface area contributed by atoms with Crippen molar-refractivity contribution in [1.82, 2.24) is 15.1 Å². The predicted molar refractivity (Wildman–Crippen MR) is 66.4 cm³/mol. The van der Waals surface area contributed by atoms with Gasteiger partial charge in [-0.05, 0) is 34.1 Å². The average molecular weight is 300 g/mol. The van der Waals surface area contributed by atoms with E-state index in [9.17, 15) is 4.79 Å². The fourth-order valence-electron chi connectivity index (χ4n) is 1.25.